The predicted molar refractivity (Wildman–Crippen MR) is 85.5 cm³/mol. The maximum atomic E-state index is 13.3. The number of carboxylic acid groups (broad SMARTS) is 1. The molecule has 0 amide bonds. The average molecular weight is 396 g/mol. The van der Waals surface area contributed by atoms with Gasteiger partial charge in [0.25, 0.3) is 0 Å². The number of carboxylic acids is 1. The van der Waals surface area contributed by atoms with E-state index in [1.54, 1.807) is 10.6 Å². The summed E-state index contributed by atoms with van der Waals surface area (Å²) >= 11 is 2.02. The summed E-state index contributed by atoms with van der Waals surface area (Å²) in [6.07, 6.45) is 0. The van der Waals surface area contributed by atoms with E-state index in [2.05, 4.69) is 4.98 Å². The predicted octanol–water partition coefficient (Wildman–Crippen LogP) is 3.53. The van der Waals surface area contributed by atoms with Crippen LogP contribution >= 0.6 is 22.6 Å². The molecule has 6 heteroatoms. The van der Waals surface area contributed by atoms with Gasteiger partial charge in [0.2, 0.25) is 0 Å². The summed E-state index contributed by atoms with van der Waals surface area (Å²) in [7, 11) is 0. The molecule has 106 valence electrons. The molecule has 1 aromatic heterocycles. The number of para-hydroxylation sites is 2. The van der Waals surface area contributed by atoms with Crippen molar-refractivity contribution in [2.45, 2.75) is 6.54 Å². The van der Waals surface area contributed by atoms with Gasteiger partial charge in [-0.2, -0.15) is 0 Å². The van der Waals surface area contributed by atoms with Gasteiger partial charge in [0.15, 0.2) is 0 Å². The molecule has 1 heterocycles. The SMILES string of the molecule is O=C(O)Cn1c(-c2ccc(F)cc2I)nc2ccccc21. The number of hydrogen-bond acceptors (Lipinski definition) is 2. The van der Waals surface area contributed by atoms with Crippen LogP contribution in [0.4, 0.5) is 4.39 Å². The minimum absolute atomic E-state index is 0.191. The van der Waals surface area contributed by atoms with Gasteiger partial charge in [0, 0.05) is 9.13 Å². The first-order valence-electron chi connectivity index (χ1n) is 6.19. The zero-order chi connectivity index (χ0) is 15.0. The number of fused-ring (bicyclic) bond motifs is 1. The molecule has 0 atom stereocenters. The lowest BCUT2D eigenvalue weighted by Crippen LogP contribution is -2.10. The van der Waals surface area contributed by atoms with Crippen LogP contribution in [0.1, 0.15) is 0 Å². The Balaban J connectivity index is 2.28. The third-order valence-electron chi connectivity index (χ3n) is 3.12. The van der Waals surface area contributed by atoms with E-state index in [4.69, 9.17) is 5.11 Å². The minimum atomic E-state index is -0.948. The Morgan fingerprint density at radius 3 is 2.76 bits per heavy atom. The van der Waals surface area contributed by atoms with Crippen molar-refractivity contribution in [3.05, 3.63) is 51.9 Å². The summed E-state index contributed by atoms with van der Waals surface area (Å²) in [4.78, 5) is 15.6. The molecule has 0 saturated carbocycles. The third-order valence-corrected chi connectivity index (χ3v) is 4.01. The van der Waals surface area contributed by atoms with E-state index >= 15 is 0 Å². The van der Waals surface area contributed by atoms with Gasteiger partial charge in [0.1, 0.15) is 18.2 Å². The van der Waals surface area contributed by atoms with Crippen molar-refractivity contribution in [2.75, 3.05) is 0 Å². The monoisotopic (exact) mass is 396 g/mol. The summed E-state index contributed by atoms with van der Waals surface area (Å²) < 4.78 is 15.6. The van der Waals surface area contributed by atoms with Crippen LogP contribution in [0.25, 0.3) is 22.4 Å². The van der Waals surface area contributed by atoms with E-state index in [9.17, 15) is 9.18 Å². The first-order valence-corrected chi connectivity index (χ1v) is 7.26. The fourth-order valence-electron chi connectivity index (χ4n) is 2.25. The number of halogens is 2. The van der Waals surface area contributed by atoms with Crippen LogP contribution < -0.4 is 0 Å². The number of carbonyl (C=O) groups is 1. The molecule has 4 nitrogen and oxygen atoms in total. The second kappa shape index (κ2) is 5.44. The van der Waals surface area contributed by atoms with Crippen LogP contribution in [-0.2, 0) is 11.3 Å². The van der Waals surface area contributed by atoms with Crippen LogP contribution in [0.5, 0.6) is 0 Å². The molecule has 0 spiro atoms. The van der Waals surface area contributed by atoms with Gasteiger partial charge in [-0.05, 0) is 52.9 Å². The number of aromatic nitrogens is 2. The van der Waals surface area contributed by atoms with Crippen LogP contribution in [0.3, 0.4) is 0 Å². The Labute approximate surface area is 133 Å². The zero-order valence-electron chi connectivity index (χ0n) is 10.8. The molecular weight excluding hydrogens is 386 g/mol. The standard InChI is InChI=1S/C15H10FIN2O2/c16-9-5-6-10(11(17)7-9)15-18-12-3-1-2-4-13(12)19(15)8-14(20)21/h1-7H,8H2,(H,20,21). The van der Waals surface area contributed by atoms with Crippen molar-refractivity contribution in [3.8, 4) is 11.4 Å². The van der Waals surface area contributed by atoms with Crippen molar-refractivity contribution >= 4 is 39.6 Å². The van der Waals surface area contributed by atoms with Crippen molar-refractivity contribution in [3.63, 3.8) is 0 Å². The van der Waals surface area contributed by atoms with Gasteiger partial charge >= 0.3 is 5.97 Å². The second-order valence-electron chi connectivity index (χ2n) is 4.53. The lowest BCUT2D eigenvalue weighted by atomic mass is 10.2. The van der Waals surface area contributed by atoms with Crippen molar-refractivity contribution < 1.29 is 14.3 Å². The van der Waals surface area contributed by atoms with Crippen LogP contribution in [-0.4, -0.2) is 20.6 Å². The quantitative estimate of drug-likeness (QED) is 0.690. The Morgan fingerprint density at radius 1 is 1.29 bits per heavy atom. The van der Waals surface area contributed by atoms with Crippen molar-refractivity contribution in [1.29, 1.82) is 0 Å². The zero-order valence-corrected chi connectivity index (χ0v) is 12.9. The van der Waals surface area contributed by atoms with Gasteiger partial charge in [-0.3, -0.25) is 4.79 Å². The van der Waals surface area contributed by atoms with Gasteiger partial charge in [0.05, 0.1) is 11.0 Å². The number of rotatable bonds is 3. The topological polar surface area (TPSA) is 55.1 Å². The fraction of sp³-hybridized carbons (Fsp3) is 0.0667. The van der Waals surface area contributed by atoms with Gasteiger partial charge < -0.3 is 9.67 Å². The summed E-state index contributed by atoms with van der Waals surface area (Å²) in [6, 6.07) is 11.7. The molecule has 2 aromatic carbocycles. The molecule has 0 aliphatic carbocycles. The summed E-state index contributed by atoms with van der Waals surface area (Å²) in [5, 5.41) is 9.12. The highest BCUT2D eigenvalue weighted by atomic mass is 127. The smallest absolute Gasteiger partial charge is 0.323 e. The first-order chi connectivity index (χ1) is 10.1. The number of nitrogens with zero attached hydrogens (tertiary/aromatic N) is 2. The Morgan fingerprint density at radius 2 is 2.05 bits per heavy atom. The van der Waals surface area contributed by atoms with Crippen molar-refractivity contribution in [2.24, 2.45) is 0 Å². The highest BCUT2D eigenvalue weighted by Crippen LogP contribution is 2.28. The largest absolute Gasteiger partial charge is 0.480 e. The number of aliphatic carboxylic acids is 1. The molecular formula is C15H10FIN2O2. The number of hydrogen-bond donors (Lipinski definition) is 1. The second-order valence-corrected chi connectivity index (χ2v) is 5.69. The molecule has 0 unspecified atom stereocenters. The van der Waals surface area contributed by atoms with Crippen molar-refractivity contribution in [1.82, 2.24) is 9.55 Å². The van der Waals surface area contributed by atoms with Gasteiger partial charge in [-0.1, -0.05) is 12.1 Å². The molecule has 0 aliphatic heterocycles. The maximum Gasteiger partial charge on any atom is 0.323 e. The lowest BCUT2D eigenvalue weighted by molar-refractivity contribution is -0.137. The summed E-state index contributed by atoms with van der Waals surface area (Å²) in [5.41, 5.74) is 2.18. The molecule has 3 aromatic rings. The molecule has 0 saturated heterocycles. The summed E-state index contributed by atoms with van der Waals surface area (Å²) in [5.74, 6) is -0.747. The van der Waals surface area contributed by atoms with E-state index in [-0.39, 0.29) is 12.4 Å². The molecule has 0 aliphatic rings. The Hall–Kier alpha value is -1.96. The van der Waals surface area contributed by atoms with E-state index in [1.165, 1.54) is 12.1 Å². The molecule has 0 bridgehead atoms. The Bertz CT molecular complexity index is 845. The molecule has 1 N–H and O–H groups in total. The van der Waals surface area contributed by atoms with Crippen LogP contribution in [0.15, 0.2) is 42.5 Å². The average Bonchev–Trinajstić information content (AvgIpc) is 2.77. The lowest BCUT2D eigenvalue weighted by Gasteiger charge is -2.08. The number of imidazole rings is 1. The highest BCUT2D eigenvalue weighted by molar-refractivity contribution is 14.1. The van der Waals surface area contributed by atoms with E-state index in [0.717, 1.165) is 11.1 Å². The molecule has 21 heavy (non-hydrogen) atoms. The maximum absolute atomic E-state index is 13.3. The molecule has 0 fully saturated rings. The molecule has 0 radical (unpaired) electrons. The normalized spacial score (nSPS) is 11.0. The van der Waals surface area contributed by atoms with Crippen LogP contribution in [0.2, 0.25) is 0 Å². The molecule has 3 rings (SSSR count). The minimum Gasteiger partial charge on any atom is -0.480 e. The highest BCUT2D eigenvalue weighted by Gasteiger charge is 2.16. The first kappa shape index (κ1) is 14.0. The third kappa shape index (κ3) is 2.63. The van der Waals surface area contributed by atoms with E-state index in [1.807, 2.05) is 46.9 Å². The van der Waals surface area contributed by atoms with Gasteiger partial charge in [-0.15, -0.1) is 0 Å². The van der Waals surface area contributed by atoms with E-state index < -0.39 is 5.97 Å². The fourth-order valence-corrected chi connectivity index (χ4v) is 2.97. The van der Waals surface area contributed by atoms with Crippen LogP contribution in [0, 0.1) is 9.39 Å². The Kier molecular flexibility index (Phi) is 3.62. The number of benzene rings is 2. The summed E-state index contributed by atoms with van der Waals surface area (Å²) in [6.45, 7) is -0.191. The van der Waals surface area contributed by atoms with E-state index in [0.29, 0.717) is 14.9 Å². The van der Waals surface area contributed by atoms with Gasteiger partial charge in [-0.25, -0.2) is 9.37 Å².